The molecule has 192 valence electrons. The first-order chi connectivity index (χ1) is 17.3. The standard InChI is InChI=1S/C27H32ClFN4O3/c1-18(2)30-25(34)17-33-26(19-7-9-23(29)22(28)15-19)31-24-10-8-20(16-21(24)27(33)35)36-14-6-13-32-11-4-3-5-12-32/h7-10,15-16,18H,3-6,11-14,17H2,1-2H3,(H,30,34). The van der Waals surface area contributed by atoms with Crippen LogP contribution in [0.15, 0.2) is 41.2 Å². The number of rotatable bonds is 9. The molecular weight excluding hydrogens is 483 g/mol. The average Bonchev–Trinajstić information content (AvgIpc) is 2.85. The maximum absolute atomic E-state index is 13.8. The van der Waals surface area contributed by atoms with Gasteiger partial charge in [0, 0.05) is 18.2 Å². The lowest BCUT2D eigenvalue weighted by Crippen LogP contribution is -2.37. The Bertz CT molecular complexity index is 1290. The Hall–Kier alpha value is -2.97. The number of ether oxygens (including phenoxy) is 1. The molecule has 3 aromatic rings. The van der Waals surface area contributed by atoms with Gasteiger partial charge in [-0.2, -0.15) is 0 Å². The number of halogens is 2. The van der Waals surface area contributed by atoms with Crippen LogP contribution in [0.3, 0.4) is 0 Å². The minimum Gasteiger partial charge on any atom is -0.494 e. The number of hydrogen-bond donors (Lipinski definition) is 1. The summed E-state index contributed by atoms with van der Waals surface area (Å²) in [6, 6.07) is 9.20. The number of carbonyl (C=O) groups is 1. The van der Waals surface area contributed by atoms with E-state index in [9.17, 15) is 14.0 Å². The van der Waals surface area contributed by atoms with E-state index in [0.29, 0.717) is 28.8 Å². The van der Waals surface area contributed by atoms with Crippen LogP contribution in [0, 0.1) is 5.82 Å². The van der Waals surface area contributed by atoms with Crippen LogP contribution in [-0.2, 0) is 11.3 Å². The molecule has 36 heavy (non-hydrogen) atoms. The summed E-state index contributed by atoms with van der Waals surface area (Å²) >= 11 is 5.99. The molecule has 1 aromatic heterocycles. The van der Waals surface area contributed by atoms with Gasteiger partial charge in [0.15, 0.2) is 0 Å². The van der Waals surface area contributed by atoms with Crippen LogP contribution in [0.25, 0.3) is 22.3 Å². The summed E-state index contributed by atoms with van der Waals surface area (Å²) in [5, 5.41) is 3.05. The molecule has 1 N–H and O–H groups in total. The van der Waals surface area contributed by atoms with Gasteiger partial charge in [-0.05, 0) is 82.6 Å². The normalized spacial score (nSPS) is 14.4. The highest BCUT2D eigenvalue weighted by Gasteiger charge is 2.18. The summed E-state index contributed by atoms with van der Waals surface area (Å²) < 4.78 is 21.0. The van der Waals surface area contributed by atoms with Gasteiger partial charge >= 0.3 is 0 Å². The fourth-order valence-corrected chi connectivity index (χ4v) is 4.65. The minimum atomic E-state index is -0.574. The number of likely N-dealkylation sites (tertiary alicyclic amines) is 1. The van der Waals surface area contributed by atoms with Gasteiger partial charge in [0.25, 0.3) is 5.56 Å². The third-order valence-electron chi connectivity index (χ3n) is 6.19. The summed E-state index contributed by atoms with van der Waals surface area (Å²) in [5.41, 5.74) is 0.514. The molecule has 0 radical (unpaired) electrons. The second-order valence-electron chi connectivity index (χ2n) is 9.46. The fourth-order valence-electron chi connectivity index (χ4n) is 4.46. The van der Waals surface area contributed by atoms with Crippen molar-refractivity contribution in [2.45, 2.75) is 52.1 Å². The number of nitrogens with zero attached hydrogens (tertiary/aromatic N) is 3. The van der Waals surface area contributed by atoms with Gasteiger partial charge in [-0.3, -0.25) is 14.2 Å². The van der Waals surface area contributed by atoms with Crippen LogP contribution in [0.2, 0.25) is 5.02 Å². The quantitative estimate of drug-likeness (QED) is 0.421. The lowest BCUT2D eigenvalue weighted by molar-refractivity contribution is -0.122. The molecule has 0 aliphatic carbocycles. The molecule has 7 nitrogen and oxygen atoms in total. The Kier molecular flexibility index (Phi) is 8.59. The van der Waals surface area contributed by atoms with Crippen molar-refractivity contribution in [1.29, 1.82) is 0 Å². The summed E-state index contributed by atoms with van der Waals surface area (Å²) in [6.45, 7) is 7.29. The topological polar surface area (TPSA) is 76.5 Å². The summed E-state index contributed by atoms with van der Waals surface area (Å²) in [6.07, 6.45) is 4.73. The molecule has 2 heterocycles. The highest BCUT2D eigenvalue weighted by molar-refractivity contribution is 6.31. The minimum absolute atomic E-state index is 0.0877. The number of hydrogen-bond acceptors (Lipinski definition) is 5. The van der Waals surface area contributed by atoms with Gasteiger partial charge < -0.3 is 15.0 Å². The summed E-state index contributed by atoms with van der Waals surface area (Å²) in [7, 11) is 0. The van der Waals surface area contributed by atoms with Gasteiger partial charge in [0.05, 0.1) is 22.5 Å². The number of piperidine rings is 1. The average molecular weight is 515 g/mol. The first-order valence-electron chi connectivity index (χ1n) is 12.5. The molecule has 0 bridgehead atoms. The van der Waals surface area contributed by atoms with Gasteiger partial charge in [-0.25, -0.2) is 9.37 Å². The predicted octanol–water partition coefficient (Wildman–Crippen LogP) is 4.64. The molecule has 4 rings (SSSR count). The number of aromatic nitrogens is 2. The van der Waals surface area contributed by atoms with E-state index in [-0.39, 0.29) is 34.9 Å². The Morgan fingerprint density at radius 3 is 2.67 bits per heavy atom. The van der Waals surface area contributed by atoms with Crippen molar-refractivity contribution in [3.8, 4) is 17.1 Å². The maximum atomic E-state index is 13.8. The molecule has 0 unspecified atom stereocenters. The van der Waals surface area contributed by atoms with Crippen LogP contribution in [0.5, 0.6) is 5.75 Å². The number of benzene rings is 2. The zero-order chi connectivity index (χ0) is 25.7. The van der Waals surface area contributed by atoms with Crippen molar-refractivity contribution in [3.63, 3.8) is 0 Å². The highest BCUT2D eigenvalue weighted by Crippen LogP contribution is 2.26. The molecular formula is C27H32ClFN4O3. The molecule has 1 amide bonds. The van der Waals surface area contributed by atoms with Gasteiger partial charge in [0.2, 0.25) is 5.91 Å². The smallest absolute Gasteiger partial charge is 0.262 e. The molecule has 1 aliphatic heterocycles. The molecule has 1 fully saturated rings. The van der Waals surface area contributed by atoms with Gasteiger partial charge in [-0.1, -0.05) is 18.0 Å². The first-order valence-corrected chi connectivity index (χ1v) is 12.8. The van der Waals surface area contributed by atoms with Gasteiger partial charge in [-0.15, -0.1) is 0 Å². The predicted molar refractivity (Wildman–Crippen MR) is 140 cm³/mol. The van der Waals surface area contributed by atoms with E-state index >= 15 is 0 Å². The third kappa shape index (κ3) is 6.42. The Balaban J connectivity index is 1.62. The van der Waals surface area contributed by atoms with E-state index < -0.39 is 5.82 Å². The van der Waals surface area contributed by atoms with E-state index in [1.165, 1.54) is 42.0 Å². The molecule has 1 saturated heterocycles. The van der Waals surface area contributed by atoms with E-state index in [1.54, 1.807) is 18.2 Å². The van der Waals surface area contributed by atoms with Crippen molar-refractivity contribution in [2.24, 2.45) is 0 Å². The Labute approximate surface area is 215 Å². The van der Waals surface area contributed by atoms with Crippen molar-refractivity contribution >= 4 is 28.4 Å². The number of carbonyl (C=O) groups excluding carboxylic acids is 1. The molecule has 0 spiro atoms. The molecule has 0 atom stereocenters. The van der Waals surface area contributed by atoms with Crippen LogP contribution >= 0.6 is 11.6 Å². The van der Waals surface area contributed by atoms with E-state index in [4.69, 9.17) is 16.3 Å². The second kappa shape index (κ2) is 11.8. The van der Waals surface area contributed by atoms with E-state index in [0.717, 1.165) is 26.1 Å². The lowest BCUT2D eigenvalue weighted by atomic mass is 10.1. The van der Waals surface area contributed by atoms with E-state index in [2.05, 4.69) is 15.2 Å². The van der Waals surface area contributed by atoms with Crippen molar-refractivity contribution in [1.82, 2.24) is 19.8 Å². The van der Waals surface area contributed by atoms with Crippen LogP contribution in [0.1, 0.15) is 39.5 Å². The highest BCUT2D eigenvalue weighted by atomic mass is 35.5. The fraction of sp³-hybridized carbons (Fsp3) is 0.444. The van der Waals surface area contributed by atoms with Crippen LogP contribution in [0.4, 0.5) is 4.39 Å². The second-order valence-corrected chi connectivity index (χ2v) is 9.87. The van der Waals surface area contributed by atoms with Crippen LogP contribution < -0.4 is 15.6 Å². The molecule has 1 aliphatic rings. The molecule has 0 saturated carbocycles. The third-order valence-corrected chi connectivity index (χ3v) is 6.48. The largest absolute Gasteiger partial charge is 0.494 e. The summed E-state index contributed by atoms with van der Waals surface area (Å²) in [5.74, 6) is -0.0816. The van der Waals surface area contributed by atoms with Crippen molar-refractivity contribution in [2.75, 3.05) is 26.2 Å². The zero-order valence-electron chi connectivity index (χ0n) is 20.7. The zero-order valence-corrected chi connectivity index (χ0v) is 21.5. The van der Waals surface area contributed by atoms with Crippen molar-refractivity contribution < 1.29 is 13.9 Å². The summed E-state index contributed by atoms with van der Waals surface area (Å²) in [4.78, 5) is 33.2. The Morgan fingerprint density at radius 2 is 1.94 bits per heavy atom. The molecule has 9 heteroatoms. The monoisotopic (exact) mass is 514 g/mol. The Morgan fingerprint density at radius 1 is 1.17 bits per heavy atom. The maximum Gasteiger partial charge on any atom is 0.262 e. The first kappa shape index (κ1) is 26.1. The van der Waals surface area contributed by atoms with Crippen LogP contribution in [-0.4, -0.2) is 52.6 Å². The van der Waals surface area contributed by atoms with E-state index in [1.807, 2.05) is 13.8 Å². The SMILES string of the molecule is CC(C)NC(=O)Cn1c(-c2ccc(F)c(Cl)c2)nc2ccc(OCCCN3CCCCC3)cc2c1=O. The number of amides is 1. The number of fused-ring (bicyclic) bond motifs is 1. The van der Waals surface area contributed by atoms with Crippen molar-refractivity contribution in [3.05, 3.63) is 57.6 Å². The number of nitrogens with one attached hydrogen (secondary N) is 1. The van der Waals surface area contributed by atoms with Gasteiger partial charge in [0.1, 0.15) is 23.9 Å². The lowest BCUT2D eigenvalue weighted by Gasteiger charge is -2.26. The molecule has 2 aromatic carbocycles.